The second-order valence-corrected chi connectivity index (χ2v) is 2.69. The van der Waals surface area contributed by atoms with Crippen LogP contribution in [-0.4, -0.2) is 16.8 Å². The maximum atomic E-state index is 8.81. The van der Waals surface area contributed by atoms with E-state index in [0.717, 1.165) is 11.1 Å². The van der Waals surface area contributed by atoms with Crippen molar-refractivity contribution in [1.29, 1.82) is 0 Å². The van der Waals surface area contributed by atoms with E-state index in [0.29, 0.717) is 0 Å². The number of hydrogen-bond donors (Lipinski definition) is 3. The Labute approximate surface area is 83.6 Å². The van der Waals surface area contributed by atoms with E-state index in [2.05, 4.69) is 0 Å². The molecule has 4 heteroatoms. The number of nitrogens with two attached hydrogens (primary N) is 1. The topological polar surface area (TPSA) is 66.5 Å². The van der Waals surface area contributed by atoms with E-state index in [-0.39, 0.29) is 31.7 Å². The predicted octanol–water partition coefficient (Wildman–Crippen LogP) is 0.593. The minimum atomic E-state index is -0.350. The number of rotatable bonds is 3. The van der Waals surface area contributed by atoms with Crippen LogP contribution >= 0.6 is 12.4 Å². The lowest BCUT2D eigenvalue weighted by Gasteiger charge is -2.08. The van der Waals surface area contributed by atoms with Crippen molar-refractivity contribution >= 4 is 12.4 Å². The van der Waals surface area contributed by atoms with Gasteiger partial charge in [-0.25, -0.2) is 0 Å². The fraction of sp³-hybridized carbons (Fsp3) is 0.333. The third-order valence-electron chi connectivity index (χ3n) is 1.76. The Hall–Kier alpha value is -0.610. The van der Waals surface area contributed by atoms with Crippen molar-refractivity contribution < 1.29 is 10.2 Å². The van der Waals surface area contributed by atoms with Crippen molar-refractivity contribution in [3.63, 3.8) is 0 Å². The van der Waals surface area contributed by atoms with Crippen LogP contribution in [0.2, 0.25) is 0 Å². The van der Waals surface area contributed by atoms with Crippen LogP contribution in [0.4, 0.5) is 0 Å². The molecule has 0 spiro atoms. The van der Waals surface area contributed by atoms with Gasteiger partial charge in [-0.1, -0.05) is 24.3 Å². The minimum Gasteiger partial charge on any atom is -0.394 e. The largest absolute Gasteiger partial charge is 0.394 e. The number of aliphatic hydroxyl groups is 2. The first-order valence-electron chi connectivity index (χ1n) is 3.84. The van der Waals surface area contributed by atoms with Crippen LogP contribution in [0.15, 0.2) is 24.3 Å². The first kappa shape index (κ1) is 12.4. The Morgan fingerprint density at radius 2 is 2.00 bits per heavy atom. The minimum absolute atomic E-state index is 0. The molecule has 1 rings (SSSR count). The highest BCUT2D eigenvalue weighted by Gasteiger charge is 2.03. The monoisotopic (exact) mass is 203 g/mol. The molecule has 0 amide bonds. The molecule has 0 aliphatic carbocycles. The molecule has 4 N–H and O–H groups in total. The number of halogens is 1. The van der Waals surface area contributed by atoms with E-state index < -0.39 is 0 Å². The van der Waals surface area contributed by atoms with Crippen molar-refractivity contribution in [1.82, 2.24) is 0 Å². The van der Waals surface area contributed by atoms with E-state index in [1.165, 1.54) is 0 Å². The zero-order chi connectivity index (χ0) is 8.97. The molecular formula is C9H14ClNO2. The van der Waals surface area contributed by atoms with Crippen LogP contribution in [0.5, 0.6) is 0 Å². The normalized spacial score (nSPS) is 11.9. The maximum absolute atomic E-state index is 8.81. The van der Waals surface area contributed by atoms with Crippen molar-refractivity contribution in [3.8, 4) is 0 Å². The molecule has 74 valence electrons. The van der Waals surface area contributed by atoms with Crippen molar-refractivity contribution in [2.24, 2.45) is 5.73 Å². The van der Waals surface area contributed by atoms with Crippen molar-refractivity contribution in [3.05, 3.63) is 35.4 Å². The van der Waals surface area contributed by atoms with Crippen molar-refractivity contribution in [2.45, 2.75) is 12.6 Å². The van der Waals surface area contributed by atoms with Gasteiger partial charge in [-0.15, -0.1) is 12.4 Å². The Kier molecular flexibility index (Phi) is 5.66. The summed E-state index contributed by atoms with van der Waals surface area (Å²) in [5, 5.41) is 17.6. The third kappa shape index (κ3) is 3.32. The fourth-order valence-corrected chi connectivity index (χ4v) is 1.03. The molecule has 1 aromatic carbocycles. The number of aliphatic hydroxyl groups excluding tert-OH is 2. The number of hydrogen-bond acceptors (Lipinski definition) is 3. The van der Waals surface area contributed by atoms with Crippen LogP contribution in [-0.2, 0) is 6.61 Å². The second kappa shape index (κ2) is 5.94. The molecule has 3 nitrogen and oxygen atoms in total. The summed E-state index contributed by atoms with van der Waals surface area (Å²) in [6, 6.07) is 6.90. The average molecular weight is 204 g/mol. The van der Waals surface area contributed by atoms with Gasteiger partial charge in [-0.3, -0.25) is 0 Å². The van der Waals surface area contributed by atoms with Gasteiger partial charge in [0.2, 0.25) is 0 Å². The third-order valence-corrected chi connectivity index (χ3v) is 1.76. The van der Waals surface area contributed by atoms with Crippen LogP contribution in [0.1, 0.15) is 17.2 Å². The Bertz CT molecular complexity index is 255. The summed E-state index contributed by atoms with van der Waals surface area (Å²) in [6.07, 6.45) is 0. The Morgan fingerprint density at radius 3 is 2.54 bits per heavy atom. The van der Waals surface area contributed by atoms with Gasteiger partial charge in [0.25, 0.3) is 0 Å². The van der Waals surface area contributed by atoms with Gasteiger partial charge >= 0.3 is 0 Å². The zero-order valence-corrected chi connectivity index (χ0v) is 8.00. The highest BCUT2D eigenvalue weighted by molar-refractivity contribution is 5.85. The van der Waals surface area contributed by atoms with E-state index in [1.807, 2.05) is 18.2 Å². The van der Waals surface area contributed by atoms with Gasteiger partial charge in [-0.2, -0.15) is 0 Å². The summed E-state index contributed by atoms with van der Waals surface area (Å²) in [7, 11) is 0. The summed E-state index contributed by atoms with van der Waals surface area (Å²) in [5.74, 6) is 0. The first-order chi connectivity index (χ1) is 5.77. The molecule has 0 aliphatic heterocycles. The first-order valence-corrected chi connectivity index (χ1v) is 3.84. The lowest BCUT2D eigenvalue weighted by Crippen LogP contribution is -2.14. The van der Waals surface area contributed by atoms with Crippen LogP contribution in [0.3, 0.4) is 0 Å². The molecule has 0 aliphatic rings. The molecule has 1 atom stereocenters. The molecule has 0 saturated heterocycles. The highest BCUT2D eigenvalue weighted by atomic mass is 35.5. The smallest absolute Gasteiger partial charge is 0.0681 e. The summed E-state index contributed by atoms with van der Waals surface area (Å²) >= 11 is 0. The fourth-order valence-electron chi connectivity index (χ4n) is 1.03. The van der Waals surface area contributed by atoms with Gasteiger partial charge < -0.3 is 15.9 Å². The van der Waals surface area contributed by atoms with Crippen LogP contribution in [0.25, 0.3) is 0 Å². The summed E-state index contributed by atoms with van der Waals surface area (Å²) in [4.78, 5) is 0. The maximum Gasteiger partial charge on any atom is 0.0681 e. The standard InChI is InChI=1S/C9H13NO2.ClH/c10-9(6-12)8-3-1-2-7(4-8)5-11;/h1-4,9,11-12H,5-6,10H2;1H/t9-;/m0./s1. The van der Waals surface area contributed by atoms with Crippen LogP contribution in [0, 0.1) is 0 Å². The Morgan fingerprint density at radius 1 is 1.31 bits per heavy atom. The lowest BCUT2D eigenvalue weighted by atomic mass is 10.1. The molecule has 0 heterocycles. The molecule has 0 bridgehead atoms. The molecule has 0 fully saturated rings. The quantitative estimate of drug-likeness (QED) is 0.674. The SMILES string of the molecule is Cl.N[C@@H](CO)c1cccc(CO)c1. The van der Waals surface area contributed by atoms with Gasteiger partial charge in [0.15, 0.2) is 0 Å². The average Bonchev–Trinajstić information content (AvgIpc) is 2.17. The summed E-state index contributed by atoms with van der Waals surface area (Å²) < 4.78 is 0. The van der Waals surface area contributed by atoms with Crippen LogP contribution < -0.4 is 5.73 Å². The predicted molar refractivity (Wildman–Crippen MR) is 53.6 cm³/mol. The second-order valence-electron chi connectivity index (χ2n) is 2.69. The summed E-state index contributed by atoms with van der Waals surface area (Å²) in [5.41, 5.74) is 7.25. The van der Waals surface area contributed by atoms with Gasteiger partial charge in [0.05, 0.1) is 19.3 Å². The molecule has 0 unspecified atom stereocenters. The van der Waals surface area contributed by atoms with E-state index >= 15 is 0 Å². The number of benzene rings is 1. The summed E-state index contributed by atoms with van der Waals surface area (Å²) in [6.45, 7) is -0.0686. The Balaban J connectivity index is 0.00000144. The van der Waals surface area contributed by atoms with Crippen molar-refractivity contribution in [2.75, 3.05) is 6.61 Å². The van der Waals surface area contributed by atoms with Gasteiger partial charge in [0.1, 0.15) is 0 Å². The van der Waals surface area contributed by atoms with E-state index in [1.54, 1.807) is 6.07 Å². The molecule has 13 heavy (non-hydrogen) atoms. The molecule has 1 aromatic rings. The van der Waals surface area contributed by atoms with Gasteiger partial charge in [-0.05, 0) is 11.1 Å². The van der Waals surface area contributed by atoms with E-state index in [9.17, 15) is 0 Å². The molecule has 0 radical (unpaired) electrons. The molecule has 0 aromatic heterocycles. The molecular weight excluding hydrogens is 190 g/mol. The zero-order valence-electron chi connectivity index (χ0n) is 7.18. The highest BCUT2D eigenvalue weighted by Crippen LogP contribution is 2.11. The molecule has 0 saturated carbocycles. The lowest BCUT2D eigenvalue weighted by molar-refractivity contribution is 0.266. The van der Waals surface area contributed by atoms with E-state index in [4.69, 9.17) is 15.9 Å². The van der Waals surface area contributed by atoms with Gasteiger partial charge in [0, 0.05) is 0 Å².